The first kappa shape index (κ1) is 22.8. The highest BCUT2D eigenvalue weighted by Crippen LogP contribution is 2.31. The highest BCUT2D eigenvalue weighted by Gasteiger charge is 2.50. The van der Waals surface area contributed by atoms with Crippen LogP contribution in [0.15, 0.2) is 18.2 Å². The van der Waals surface area contributed by atoms with E-state index in [0.717, 1.165) is 6.07 Å². The average Bonchev–Trinajstić information content (AvgIpc) is 3.03. The molecule has 1 aromatic rings. The number of carbonyl (C=O) groups is 1. The first-order chi connectivity index (χ1) is 14.2. The molecule has 12 nitrogen and oxygen atoms in total. The van der Waals surface area contributed by atoms with E-state index >= 15 is 0 Å². The summed E-state index contributed by atoms with van der Waals surface area (Å²) in [5.41, 5.74) is -1.71. The Morgan fingerprint density at radius 3 is 2.47 bits per heavy atom. The summed E-state index contributed by atoms with van der Waals surface area (Å²) in [6.45, 7) is -1.58. The number of aliphatic hydroxyl groups excluding tert-OH is 5. The second-order valence-electron chi connectivity index (χ2n) is 7.20. The Hall–Kier alpha value is -1.87. The van der Waals surface area contributed by atoms with E-state index in [1.165, 1.54) is 12.1 Å². The summed E-state index contributed by atoms with van der Waals surface area (Å²) in [6, 6.07) is 3.74. The number of aromatic hydroxyl groups is 1. The summed E-state index contributed by atoms with van der Waals surface area (Å²) in [6.07, 6.45) is -10.1. The topological polar surface area (TPSA) is 196 Å². The van der Waals surface area contributed by atoms with Gasteiger partial charge in [0.1, 0.15) is 42.4 Å². The molecule has 0 aromatic heterocycles. The lowest BCUT2D eigenvalue weighted by Gasteiger charge is -2.40. The molecule has 2 saturated heterocycles. The van der Waals surface area contributed by atoms with E-state index in [4.69, 9.17) is 24.1 Å². The van der Waals surface area contributed by atoms with Gasteiger partial charge in [0.15, 0.2) is 17.8 Å². The van der Waals surface area contributed by atoms with Crippen LogP contribution in [0.3, 0.4) is 0 Å². The average molecular weight is 432 g/mol. The van der Waals surface area contributed by atoms with Gasteiger partial charge in [-0.1, -0.05) is 0 Å². The lowest BCUT2D eigenvalue weighted by molar-refractivity contribution is -0.289. The third-order valence-corrected chi connectivity index (χ3v) is 5.04. The van der Waals surface area contributed by atoms with Crippen molar-refractivity contribution in [3.8, 4) is 11.5 Å². The molecule has 0 spiro atoms. The van der Waals surface area contributed by atoms with Gasteiger partial charge in [-0.15, -0.1) is 0 Å². The van der Waals surface area contributed by atoms with Crippen LogP contribution in [-0.4, -0.2) is 111 Å². The summed E-state index contributed by atoms with van der Waals surface area (Å²) in [7, 11) is 0. The quantitative estimate of drug-likeness (QED) is 0.214. The van der Waals surface area contributed by atoms with Gasteiger partial charge in [0.25, 0.3) is 0 Å². The molecular formula is C18H24O12. The van der Waals surface area contributed by atoms with Crippen molar-refractivity contribution in [3.05, 3.63) is 23.8 Å². The van der Waals surface area contributed by atoms with Gasteiger partial charge in [0.2, 0.25) is 6.29 Å². The van der Waals surface area contributed by atoms with Crippen LogP contribution >= 0.6 is 0 Å². The van der Waals surface area contributed by atoms with Gasteiger partial charge in [-0.25, -0.2) is 0 Å². The van der Waals surface area contributed by atoms with E-state index in [-0.39, 0.29) is 17.9 Å². The molecule has 168 valence electrons. The number of hydrogen-bond acceptors (Lipinski definition) is 12. The third kappa shape index (κ3) is 4.42. The minimum atomic E-state index is -1.90. The lowest BCUT2D eigenvalue weighted by atomic mass is 9.99. The fraction of sp³-hybridized carbons (Fsp3) is 0.611. The number of phenols is 1. The van der Waals surface area contributed by atoms with Gasteiger partial charge in [-0.2, -0.15) is 0 Å². The molecule has 0 saturated carbocycles. The Morgan fingerprint density at radius 2 is 1.87 bits per heavy atom. The van der Waals surface area contributed by atoms with Crippen LogP contribution < -0.4 is 4.74 Å². The highest BCUT2D eigenvalue weighted by molar-refractivity contribution is 5.76. The molecule has 2 aliphatic heterocycles. The number of phenolic OH excluding ortho intramolecular Hbond substituents is 1. The number of carbonyl (C=O) groups excluding carboxylic acids is 1. The zero-order chi connectivity index (χ0) is 22.1. The van der Waals surface area contributed by atoms with Crippen molar-refractivity contribution in [1.82, 2.24) is 0 Å². The number of aldehydes is 1. The Kier molecular flexibility index (Phi) is 6.91. The standard InChI is InChI=1S/C18H24O12/c19-4-8-1-2-10(9(21)3-8)29-16-14(24)13(23)12(22)11(30-16)5-27-17-15(25)18(26,6-20)7-28-17/h1-4,11-17,20-26H,5-7H2/t11-,12-,13+,14-,15+,16-,17-,18-/m1/s1. The summed E-state index contributed by atoms with van der Waals surface area (Å²) >= 11 is 0. The summed E-state index contributed by atoms with van der Waals surface area (Å²) in [4.78, 5) is 10.7. The largest absolute Gasteiger partial charge is 0.504 e. The fourth-order valence-electron chi connectivity index (χ4n) is 3.11. The molecule has 8 atom stereocenters. The van der Waals surface area contributed by atoms with Crippen molar-refractivity contribution < 1.29 is 59.5 Å². The number of benzene rings is 1. The maximum absolute atomic E-state index is 10.7. The first-order valence-electron chi connectivity index (χ1n) is 9.09. The Balaban J connectivity index is 1.65. The molecule has 12 heteroatoms. The van der Waals surface area contributed by atoms with Crippen LogP contribution in [-0.2, 0) is 14.2 Å². The summed E-state index contributed by atoms with van der Waals surface area (Å²) < 4.78 is 21.2. The van der Waals surface area contributed by atoms with Gasteiger partial charge in [0.05, 0.1) is 19.8 Å². The van der Waals surface area contributed by atoms with Crippen molar-refractivity contribution >= 4 is 6.29 Å². The highest BCUT2D eigenvalue weighted by atomic mass is 16.7. The number of hydrogen-bond donors (Lipinski definition) is 7. The molecule has 0 radical (unpaired) electrons. The zero-order valence-electron chi connectivity index (χ0n) is 15.6. The van der Waals surface area contributed by atoms with E-state index < -0.39 is 67.7 Å². The van der Waals surface area contributed by atoms with Crippen LogP contribution in [0.1, 0.15) is 10.4 Å². The molecule has 0 amide bonds. The molecule has 0 unspecified atom stereocenters. The first-order valence-corrected chi connectivity index (χ1v) is 9.09. The second-order valence-corrected chi connectivity index (χ2v) is 7.20. The summed E-state index contributed by atoms with van der Waals surface area (Å²) in [5.74, 6) is -0.551. The predicted molar refractivity (Wildman–Crippen MR) is 94.5 cm³/mol. The molecule has 2 aliphatic rings. The molecule has 0 bridgehead atoms. The molecule has 3 rings (SSSR count). The van der Waals surface area contributed by atoms with Crippen LogP contribution in [0, 0.1) is 0 Å². The minimum absolute atomic E-state index is 0.143. The van der Waals surface area contributed by atoms with Crippen LogP contribution in [0.4, 0.5) is 0 Å². The van der Waals surface area contributed by atoms with Crippen molar-refractivity contribution in [2.75, 3.05) is 19.8 Å². The van der Waals surface area contributed by atoms with Crippen LogP contribution in [0.5, 0.6) is 11.5 Å². The van der Waals surface area contributed by atoms with E-state index in [1.807, 2.05) is 0 Å². The van der Waals surface area contributed by atoms with Crippen LogP contribution in [0.2, 0.25) is 0 Å². The monoisotopic (exact) mass is 432 g/mol. The van der Waals surface area contributed by atoms with Crippen molar-refractivity contribution in [2.45, 2.75) is 48.7 Å². The van der Waals surface area contributed by atoms with Gasteiger partial charge in [-0.05, 0) is 18.2 Å². The Bertz CT molecular complexity index is 744. The number of aliphatic hydroxyl groups is 6. The summed E-state index contributed by atoms with van der Waals surface area (Å²) in [5, 5.41) is 69.4. The van der Waals surface area contributed by atoms with E-state index in [1.54, 1.807) is 0 Å². The molecule has 30 heavy (non-hydrogen) atoms. The molecular weight excluding hydrogens is 408 g/mol. The van der Waals surface area contributed by atoms with E-state index in [9.17, 15) is 35.4 Å². The van der Waals surface area contributed by atoms with E-state index in [0.29, 0.717) is 6.29 Å². The van der Waals surface area contributed by atoms with Crippen molar-refractivity contribution in [1.29, 1.82) is 0 Å². The fourth-order valence-corrected chi connectivity index (χ4v) is 3.11. The Morgan fingerprint density at radius 1 is 1.13 bits per heavy atom. The van der Waals surface area contributed by atoms with Gasteiger partial charge < -0.3 is 54.7 Å². The molecule has 2 heterocycles. The third-order valence-electron chi connectivity index (χ3n) is 5.04. The van der Waals surface area contributed by atoms with Crippen LogP contribution in [0.25, 0.3) is 0 Å². The molecule has 7 N–H and O–H groups in total. The van der Waals surface area contributed by atoms with Crippen molar-refractivity contribution in [2.24, 2.45) is 0 Å². The van der Waals surface area contributed by atoms with E-state index in [2.05, 4.69) is 0 Å². The molecule has 0 aliphatic carbocycles. The predicted octanol–water partition coefficient (Wildman–Crippen LogP) is -3.15. The van der Waals surface area contributed by atoms with Crippen molar-refractivity contribution in [3.63, 3.8) is 0 Å². The van der Waals surface area contributed by atoms with Gasteiger partial charge in [-0.3, -0.25) is 4.79 Å². The molecule has 2 fully saturated rings. The zero-order valence-corrected chi connectivity index (χ0v) is 15.6. The smallest absolute Gasteiger partial charge is 0.229 e. The lowest BCUT2D eigenvalue weighted by Crippen LogP contribution is -2.60. The Labute approximate surface area is 170 Å². The van der Waals surface area contributed by atoms with Gasteiger partial charge in [0, 0.05) is 5.56 Å². The maximum Gasteiger partial charge on any atom is 0.229 e. The minimum Gasteiger partial charge on any atom is -0.504 e. The maximum atomic E-state index is 10.7. The number of ether oxygens (including phenoxy) is 4. The normalized spacial score (nSPS) is 39.1. The second kappa shape index (κ2) is 9.09. The SMILES string of the molecule is O=Cc1ccc(O[C@@H]2O[C@H](CO[C@@H]3OC[C@](O)(CO)[C@H]3O)[C@@H](O)[C@H](O)[C@H]2O)c(O)c1. The molecule has 1 aromatic carbocycles. The number of rotatable bonds is 7. The van der Waals surface area contributed by atoms with Gasteiger partial charge >= 0.3 is 0 Å².